The molecule has 158 valence electrons. The van der Waals surface area contributed by atoms with E-state index in [2.05, 4.69) is 44.6 Å². The molecule has 0 bridgehead atoms. The van der Waals surface area contributed by atoms with Crippen molar-refractivity contribution in [2.75, 3.05) is 20.1 Å². The Kier molecular flexibility index (Phi) is 8.47. The number of guanidine groups is 1. The van der Waals surface area contributed by atoms with Crippen LogP contribution in [0, 0.1) is 0 Å². The topological polar surface area (TPSA) is 82.6 Å². The fourth-order valence-electron chi connectivity index (χ4n) is 3.20. The molecule has 0 atom stereocenters. The van der Waals surface area contributed by atoms with Crippen LogP contribution in [0.25, 0.3) is 0 Å². The summed E-state index contributed by atoms with van der Waals surface area (Å²) in [7, 11) is -2.04. The quantitative estimate of drug-likeness (QED) is 0.280. The van der Waals surface area contributed by atoms with Crippen molar-refractivity contribution in [1.82, 2.24) is 15.4 Å². The molecule has 3 rings (SSSR count). The van der Waals surface area contributed by atoms with Gasteiger partial charge in [0.15, 0.2) is 5.96 Å². The van der Waals surface area contributed by atoms with Crippen molar-refractivity contribution in [2.45, 2.75) is 36.6 Å². The van der Waals surface area contributed by atoms with Crippen molar-refractivity contribution in [1.29, 1.82) is 0 Å². The van der Waals surface area contributed by atoms with Gasteiger partial charge in [-0.1, -0.05) is 42.5 Å². The number of hydrogen-bond acceptors (Lipinski definition) is 3. The van der Waals surface area contributed by atoms with Gasteiger partial charge in [0.1, 0.15) is 0 Å². The first-order chi connectivity index (χ1) is 13.5. The summed E-state index contributed by atoms with van der Waals surface area (Å²) in [6.45, 7) is 4.03. The largest absolute Gasteiger partial charge is 0.357 e. The highest BCUT2D eigenvalue weighted by atomic mass is 127. The first-order valence-electron chi connectivity index (χ1n) is 9.59. The summed E-state index contributed by atoms with van der Waals surface area (Å²) in [6.07, 6.45) is 2.35. The molecule has 0 heterocycles. The summed E-state index contributed by atoms with van der Waals surface area (Å²) in [4.78, 5) is 4.89. The van der Waals surface area contributed by atoms with Crippen LogP contribution < -0.4 is 15.4 Å². The zero-order valence-corrected chi connectivity index (χ0v) is 20.0. The number of aliphatic imine (C=N–C) groups is 1. The molecule has 0 spiro atoms. The minimum Gasteiger partial charge on any atom is -0.357 e. The van der Waals surface area contributed by atoms with E-state index in [0.717, 1.165) is 24.6 Å². The minimum absolute atomic E-state index is 0. The minimum atomic E-state index is -3.45. The Morgan fingerprint density at radius 2 is 1.79 bits per heavy atom. The molecule has 0 unspecified atom stereocenters. The molecule has 0 aromatic heterocycles. The lowest BCUT2D eigenvalue weighted by Gasteiger charge is -2.19. The van der Waals surface area contributed by atoms with E-state index in [1.165, 1.54) is 25.5 Å². The molecule has 2 aromatic rings. The van der Waals surface area contributed by atoms with Crippen molar-refractivity contribution < 1.29 is 8.42 Å². The van der Waals surface area contributed by atoms with E-state index in [-0.39, 0.29) is 34.3 Å². The van der Waals surface area contributed by atoms with Gasteiger partial charge < -0.3 is 10.6 Å². The Hall–Kier alpha value is -1.65. The number of benzene rings is 2. The molecular weight excluding hydrogens is 499 g/mol. The molecule has 1 saturated carbocycles. The van der Waals surface area contributed by atoms with Crippen LogP contribution in [0.2, 0.25) is 0 Å². The number of rotatable bonds is 8. The highest BCUT2D eigenvalue weighted by molar-refractivity contribution is 14.0. The van der Waals surface area contributed by atoms with E-state index in [0.29, 0.717) is 6.54 Å². The summed E-state index contributed by atoms with van der Waals surface area (Å²) in [5, 5.41) is 6.73. The Balaban J connectivity index is 0.00000300. The van der Waals surface area contributed by atoms with Gasteiger partial charge in [-0.25, -0.2) is 18.1 Å². The molecule has 1 aliphatic rings. The third kappa shape index (κ3) is 6.16. The van der Waals surface area contributed by atoms with Gasteiger partial charge in [0.25, 0.3) is 0 Å². The van der Waals surface area contributed by atoms with E-state index >= 15 is 0 Å². The Bertz CT molecular complexity index is 929. The standard InChI is InChI=1S/C21H28N4O2S.HI/c1-3-23-20(25-16-21(12-13-21)18-9-5-4-6-10-18)24-15-17-8-7-11-19(14-17)28(26,27)22-2;/h4-11,14,22H,3,12-13,15-16H2,1-2H3,(H2,23,24,25);1H. The van der Waals surface area contributed by atoms with E-state index in [4.69, 9.17) is 0 Å². The molecule has 1 fully saturated rings. The number of hydrogen-bond donors (Lipinski definition) is 3. The van der Waals surface area contributed by atoms with Crippen LogP contribution in [-0.2, 0) is 22.0 Å². The molecule has 6 nitrogen and oxygen atoms in total. The first-order valence-corrected chi connectivity index (χ1v) is 11.1. The van der Waals surface area contributed by atoms with E-state index < -0.39 is 10.0 Å². The molecule has 0 saturated heterocycles. The molecule has 1 aliphatic carbocycles. The van der Waals surface area contributed by atoms with Crippen LogP contribution >= 0.6 is 24.0 Å². The maximum atomic E-state index is 12.0. The Morgan fingerprint density at radius 1 is 1.07 bits per heavy atom. The monoisotopic (exact) mass is 528 g/mol. The van der Waals surface area contributed by atoms with Gasteiger partial charge in [0.2, 0.25) is 10.0 Å². The van der Waals surface area contributed by atoms with Gasteiger partial charge in [-0.3, -0.25) is 0 Å². The highest BCUT2D eigenvalue weighted by Crippen LogP contribution is 2.47. The van der Waals surface area contributed by atoms with Crippen molar-refractivity contribution in [3.05, 3.63) is 65.7 Å². The lowest BCUT2D eigenvalue weighted by atomic mass is 9.96. The number of nitrogens with zero attached hydrogens (tertiary/aromatic N) is 1. The van der Waals surface area contributed by atoms with E-state index in [1.807, 2.05) is 19.1 Å². The van der Waals surface area contributed by atoms with Crippen molar-refractivity contribution in [2.24, 2.45) is 4.99 Å². The highest BCUT2D eigenvalue weighted by Gasteiger charge is 2.43. The molecule has 8 heteroatoms. The molecule has 3 N–H and O–H groups in total. The lowest BCUT2D eigenvalue weighted by Crippen LogP contribution is -2.41. The van der Waals surface area contributed by atoms with Crippen LogP contribution in [0.5, 0.6) is 0 Å². The smallest absolute Gasteiger partial charge is 0.240 e. The maximum Gasteiger partial charge on any atom is 0.240 e. The van der Waals surface area contributed by atoms with Crippen molar-refractivity contribution in [3.63, 3.8) is 0 Å². The molecule has 0 radical (unpaired) electrons. The zero-order valence-electron chi connectivity index (χ0n) is 16.8. The fraction of sp³-hybridized carbons (Fsp3) is 0.381. The molecule has 2 aromatic carbocycles. The van der Waals surface area contributed by atoms with Crippen molar-refractivity contribution >= 4 is 40.0 Å². The Labute approximate surface area is 190 Å². The van der Waals surface area contributed by atoms with Gasteiger partial charge >= 0.3 is 0 Å². The number of halogens is 1. The van der Waals surface area contributed by atoms with Gasteiger partial charge in [0.05, 0.1) is 11.4 Å². The fourth-order valence-corrected chi connectivity index (χ4v) is 4.00. The molecular formula is C21H29IN4O2S. The molecule has 29 heavy (non-hydrogen) atoms. The summed E-state index contributed by atoms with van der Waals surface area (Å²) in [5.41, 5.74) is 2.40. The zero-order chi connectivity index (χ0) is 20.0. The predicted molar refractivity (Wildman–Crippen MR) is 128 cm³/mol. The predicted octanol–water partition coefficient (Wildman–Crippen LogP) is 3.00. The summed E-state index contributed by atoms with van der Waals surface area (Å²) in [6, 6.07) is 17.4. The Morgan fingerprint density at radius 3 is 2.41 bits per heavy atom. The van der Waals surface area contributed by atoms with Crippen LogP contribution in [0.3, 0.4) is 0 Å². The summed E-state index contributed by atoms with van der Waals surface area (Å²) < 4.78 is 26.3. The van der Waals surface area contributed by atoms with E-state index in [9.17, 15) is 8.42 Å². The van der Waals surface area contributed by atoms with E-state index in [1.54, 1.807) is 18.2 Å². The van der Waals surface area contributed by atoms with Gasteiger partial charge in [-0.15, -0.1) is 24.0 Å². The third-order valence-corrected chi connectivity index (χ3v) is 6.49. The van der Waals surface area contributed by atoms with Crippen LogP contribution in [-0.4, -0.2) is 34.5 Å². The molecule has 0 amide bonds. The second kappa shape index (κ2) is 10.4. The van der Waals surface area contributed by atoms with Gasteiger partial charge in [0, 0.05) is 18.5 Å². The number of nitrogens with one attached hydrogen (secondary N) is 3. The lowest BCUT2D eigenvalue weighted by molar-refractivity contribution is 0.588. The second-order valence-corrected chi connectivity index (χ2v) is 8.94. The van der Waals surface area contributed by atoms with Gasteiger partial charge in [-0.2, -0.15) is 0 Å². The van der Waals surface area contributed by atoms with Crippen LogP contribution in [0.1, 0.15) is 30.9 Å². The van der Waals surface area contributed by atoms with Gasteiger partial charge in [-0.05, 0) is 50.1 Å². The van der Waals surface area contributed by atoms with Crippen LogP contribution in [0.15, 0.2) is 64.5 Å². The summed E-state index contributed by atoms with van der Waals surface area (Å²) >= 11 is 0. The van der Waals surface area contributed by atoms with Crippen molar-refractivity contribution in [3.8, 4) is 0 Å². The maximum absolute atomic E-state index is 12.0. The third-order valence-electron chi connectivity index (χ3n) is 5.08. The van der Waals surface area contributed by atoms with Crippen LogP contribution in [0.4, 0.5) is 0 Å². The molecule has 0 aliphatic heterocycles. The normalized spacial score (nSPS) is 15.3. The second-order valence-electron chi connectivity index (χ2n) is 7.05. The SMILES string of the molecule is CCNC(=NCc1cccc(S(=O)(=O)NC)c1)NCC1(c2ccccc2)CC1.I. The average Bonchev–Trinajstić information content (AvgIpc) is 3.52. The number of sulfonamides is 1. The average molecular weight is 528 g/mol. The summed E-state index contributed by atoms with van der Waals surface area (Å²) in [5.74, 6) is 0.742. The first kappa shape index (κ1) is 23.6.